The lowest BCUT2D eigenvalue weighted by molar-refractivity contribution is 0.101. The van der Waals surface area contributed by atoms with E-state index < -0.39 is 0 Å². The molecule has 1 fully saturated rings. The van der Waals surface area contributed by atoms with E-state index in [2.05, 4.69) is 50.4 Å². The fourth-order valence-corrected chi connectivity index (χ4v) is 3.15. The van der Waals surface area contributed by atoms with Crippen molar-refractivity contribution >= 4 is 0 Å². The molecule has 1 aromatic carbocycles. The zero-order valence-electron chi connectivity index (χ0n) is 13.9. The minimum absolute atomic E-state index is 0.529. The molecule has 2 nitrogen and oxygen atoms in total. The van der Waals surface area contributed by atoms with Gasteiger partial charge in [0.05, 0.1) is 6.10 Å². The van der Waals surface area contributed by atoms with Crippen molar-refractivity contribution in [3.63, 3.8) is 0 Å². The summed E-state index contributed by atoms with van der Waals surface area (Å²) in [6, 6.07) is 9.55. The van der Waals surface area contributed by atoms with Gasteiger partial charge in [-0.25, -0.2) is 0 Å². The van der Waals surface area contributed by atoms with Crippen molar-refractivity contribution in [3.8, 4) is 0 Å². The summed E-state index contributed by atoms with van der Waals surface area (Å²) in [5.74, 6) is 0.619. The maximum Gasteiger partial charge on any atom is 0.0576 e. The third-order valence-electron chi connectivity index (χ3n) is 4.39. The summed E-state index contributed by atoms with van der Waals surface area (Å²) in [5, 5.41) is 3.61. The van der Waals surface area contributed by atoms with Crippen LogP contribution in [-0.2, 0) is 4.74 Å². The first-order valence-corrected chi connectivity index (χ1v) is 8.56. The Morgan fingerprint density at radius 2 is 2.19 bits per heavy atom. The van der Waals surface area contributed by atoms with Crippen LogP contribution in [0.1, 0.15) is 63.0 Å². The van der Waals surface area contributed by atoms with Gasteiger partial charge in [0.25, 0.3) is 0 Å². The van der Waals surface area contributed by atoms with E-state index in [1.54, 1.807) is 0 Å². The molecule has 0 spiro atoms. The molecule has 1 aromatic rings. The molecular formula is C19H31NO. The second-order valence-corrected chi connectivity index (χ2v) is 6.74. The lowest BCUT2D eigenvalue weighted by Crippen LogP contribution is -2.28. The van der Waals surface area contributed by atoms with Crippen molar-refractivity contribution in [1.82, 2.24) is 5.32 Å². The number of rotatable bonds is 8. The van der Waals surface area contributed by atoms with Gasteiger partial charge in [-0.3, -0.25) is 0 Å². The van der Waals surface area contributed by atoms with Crippen LogP contribution in [0.4, 0.5) is 0 Å². The molecule has 0 radical (unpaired) electrons. The molecule has 2 unspecified atom stereocenters. The number of hydrogen-bond donors (Lipinski definition) is 1. The van der Waals surface area contributed by atoms with E-state index in [0.29, 0.717) is 18.1 Å². The van der Waals surface area contributed by atoms with Gasteiger partial charge in [-0.05, 0) is 44.1 Å². The molecule has 1 aliphatic rings. The molecule has 0 aromatic heterocycles. The average molecular weight is 289 g/mol. The minimum Gasteiger partial charge on any atom is -0.378 e. The molecule has 1 heterocycles. The van der Waals surface area contributed by atoms with Gasteiger partial charge in [0, 0.05) is 19.2 Å². The van der Waals surface area contributed by atoms with E-state index in [4.69, 9.17) is 4.74 Å². The van der Waals surface area contributed by atoms with Gasteiger partial charge >= 0.3 is 0 Å². The highest BCUT2D eigenvalue weighted by Gasteiger charge is 2.17. The van der Waals surface area contributed by atoms with Gasteiger partial charge < -0.3 is 10.1 Å². The first kappa shape index (κ1) is 16.5. The molecule has 0 amide bonds. The normalized spacial score (nSPS) is 20.1. The fraction of sp³-hybridized carbons (Fsp3) is 0.684. The first-order chi connectivity index (χ1) is 10.1. The molecule has 2 heteroatoms. The van der Waals surface area contributed by atoms with Crippen molar-refractivity contribution in [2.75, 3.05) is 13.2 Å². The molecular weight excluding hydrogens is 258 g/mol. The van der Waals surface area contributed by atoms with Gasteiger partial charge in [-0.2, -0.15) is 0 Å². The van der Waals surface area contributed by atoms with Crippen molar-refractivity contribution in [2.24, 2.45) is 0 Å². The maximum absolute atomic E-state index is 5.74. The monoisotopic (exact) mass is 289 g/mol. The van der Waals surface area contributed by atoms with Crippen LogP contribution in [0.3, 0.4) is 0 Å². The third kappa shape index (κ3) is 5.80. The summed E-state index contributed by atoms with van der Waals surface area (Å²) in [6.45, 7) is 8.68. The highest BCUT2D eigenvalue weighted by atomic mass is 16.5. The fourth-order valence-electron chi connectivity index (χ4n) is 3.15. The quantitative estimate of drug-likeness (QED) is 0.764. The lowest BCUT2D eigenvalue weighted by Gasteiger charge is -2.21. The van der Waals surface area contributed by atoms with E-state index in [1.807, 2.05) is 0 Å². The molecule has 2 atom stereocenters. The number of hydrogen-bond acceptors (Lipinski definition) is 2. The highest BCUT2D eigenvalue weighted by Crippen LogP contribution is 2.25. The van der Waals surface area contributed by atoms with E-state index in [9.17, 15) is 0 Å². The molecule has 118 valence electrons. The summed E-state index contributed by atoms with van der Waals surface area (Å²) in [6.07, 6.45) is 6.79. The predicted octanol–water partition coefficient (Wildman–Crippen LogP) is 4.43. The predicted molar refractivity (Wildman–Crippen MR) is 89.9 cm³/mol. The SMILES string of the molecule is Cc1cccc(C(CCCC2CCCO2)CNC(C)C)c1. The largest absolute Gasteiger partial charge is 0.378 e. The molecule has 21 heavy (non-hydrogen) atoms. The van der Waals surface area contributed by atoms with Crippen LogP contribution in [-0.4, -0.2) is 25.3 Å². The number of benzene rings is 1. The molecule has 2 rings (SSSR count). The second-order valence-electron chi connectivity index (χ2n) is 6.74. The Morgan fingerprint density at radius 1 is 1.33 bits per heavy atom. The Labute approximate surface area is 130 Å². The maximum atomic E-state index is 5.74. The lowest BCUT2D eigenvalue weighted by atomic mass is 9.91. The van der Waals surface area contributed by atoms with Gasteiger partial charge in [-0.15, -0.1) is 0 Å². The first-order valence-electron chi connectivity index (χ1n) is 8.56. The van der Waals surface area contributed by atoms with E-state index in [1.165, 1.54) is 43.2 Å². The average Bonchev–Trinajstić information content (AvgIpc) is 2.95. The summed E-state index contributed by atoms with van der Waals surface area (Å²) >= 11 is 0. The topological polar surface area (TPSA) is 21.3 Å². The van der Waals surface area contributed by atoms with Gasteiger partial charge in [0.1, 0.15) is 0 Å². The summed E-state index contributed by atoms with van der Waals surface area (Å²) < 4.78 is 5.74. The third-order valence-corrected chi connectivity index (χ3v) is 4.39. The molecule has 0 bridgehead atoms. The zero-order chi connectivity index (χ0) is 15.1. The smallest absolute Gasteiger partial charge is 0.0576 e. The van der Waals surface area contributed by atoms with E-state index >= 15 is 0 Å². The Balaban J connectivity index is 1.88. The molecule has 0 aliphatic carbocycles. The number of aryl methyl sites for hydroxylation is 1. The van der Waals surface area contributed by atoms with Crippen LogP contribution in [0.25, 0.3) is 0 Å². The summed E-state index contributed by atoms with van der Waals surface area (Å²) in [7, 11) is 0. The zero-order valence-corrected chi connectivity index (χ0v) is 13.9. The molecule has 0 saturated carbocycles. The van der Waals surface area contributed by atoms with Gasteiger partial charge in [0.2, 0.25) is 0 Å². The summed E-state index contributed by atoms with van der Waals surface area (Å²) in [4.78, 5) is 0. The second kappa shape index (κ2) is 8.55. The van der Waals surface area contributed by atoms with Gasteiger partial charge in [-0.1, -0.05) is 50.1 Å². The van der Waals surface area contributed by atoms with Crippen LogP contribution >= 0.6 is 0 Å². The Morgan fingerprint density at radius 3 is 2.86 bits per heavy atom. The Bertz CT molecular complexity index is 410. The van der Waals surface area contributed by atoms with Gasteiger partial charge in [0.15, 0.2) is 0 Å². The van der Waals surface area contributed by atoms with Crippen LogP contribution < -0.4 is 5.32 Å². The minimum atomic E-state index is 0.529. The Hall–Kier alpha value is -0.860. The van der Waals surface area contributed by atoms with Crippen molar-refractivity contribution < 1.29 is 4.74 Å². The van der Waals surface area contributed by atoms with Crippen molar-refractivity contribution in [1.29, 1.82) is 0 Å². The molecule has 1 aliphatic heterocycles. The van der Waals surface area contributed by atoms with Crippen molar-refractivity contribution in [2.45, 2.75) is 70.9 Å². The van der Waals surface area contributed by atoms with E-state index in [-0.39, 0.29) is 0 Å². The van der Waals surface area contributed by atoms with Crippen LogP contribution in [0.2, 0.25) is 0 Å². The van der Waals surface area contributed by atoms with Crippen LogP contribution in [0, 0.1) is 6.92 Å². The Kier molecular flexibility index (Phi) is 6.72. The standard InChI is InChI=1S/C19H31NO/c1-15(2)20-14-18(17-8-4-7-16(3)13-17)9-5-10-19-11-6-12-21-19/h4,7-8,13,15,18-20H,5-6,9-12,14H2,1-3H3. The number of nitrogens with one attached hydrogen (secondary N) is 1. The van der Waals surface area contributed by atoms with Crippen LogP contribution in [0.15, 0.2) is 24.3 Å². The van der Waals surface area contributed by atoms with E-state index in [0.717, 1.165) is 13.2 Å². The molecule has 1 saturated heterocycles. The van der Waals surface area contributed by atoms with Crippen molar-refractivity contribution in [3.05, 3.63) is 35.4 Å². The number of ether oxygens (including phenoxy) is 1. The van der Waals surface area contributed by atoms with Crippen LogP contribution in [0.5, 0.6) is 0 Å². The molecule has 1 N–H and O–H groups in total. The summed E-state index contributed by atoms with van der Waals surface area (Å²) in [5.41, 5.74) is 2.84. The highest BCUT2D eigenvalue weighted by molar-refractivity contribution is 5.25.